The Labute approximate surface area is 96.8 Å². The Bertz CT molecular complexity index is 458. The van der Waals surface area contributed by atoms with Crippen molar-refractivity contribution in [3.63, 3.8) is 0 Å². The summed E-state index contributed by atoms with van der Waals surface area (Å²) in [6.07, 6.45) is 0. The molecule has 1 aromatic carbocycles. The Morgan fingerprint density at radius 1 is 1.47 bits per heavy atom. The van der Waals surface area contributed by atoms with Crippen molar-refractivity contribution in [3.05, 3.63) is 38.9 Å². The van der Waals surface area contributed by atoms with Gasteiger partial charge in [-0.3, -0.25) is 10.1 Å². The first-order chi connectivity index (χ1) is 7.06. The van der Waals surface area contributed by atoms with E-state index in [1.807, 2.05) is 19.9 Å². The lowest BCUT2D eigenvalue weighted by atomic mass is 10.0. The number of nitrogens with zero attached hydrogens (tertiary/aromatic N) is 1. The average molecular weight is 268 g/mol. The Hall–Kier alpha value is -1.34. The van der Waals surface area contributed by atoms with Crippen LogP contribution in [0.1, 0.15) is 16.7 Å². The lowest BCUT2D eigenvalue weighted by molar-refractivity contribution is -0.385. The van der Waals surface area contributed by atoms with Crippen LogP contribution < -0.4 is 0 Å². The molecule has 0 heterocycles. The number of halogens is 1. The molecule has 0 atom stereocenters. The first-order valence-corrected chi connectivity index (χ1v) is 5.49. The number of alkyl halides is 1. The maximum atomic E-state index is 10.8. The zero-order chi connectivity index (χ0) is 11.4. The van der Waals surface area contributed by atoms with Crippen molar-refractivity contribution in [1.82, 2.24) is 0 Å². The van der Waals surface area contributed by atoms with Crippen LogP contribution in [-0.4, -0.2) is 10.3 Å². The van der Waals surface area contributed by atoms with E-state index in [-0.39, 0.29) is 5.69 Å². The molecule has 0 aliphatic rings. The van der Waals surface area contributed by atoms with Crippen LogP contribution in [0.3, 0.4) is 0 Å². The van der Waals surface area contributed by atoms with Gasteiger partial charge in [0.25, 0.3) is 5.69 Å². The highest BCUT2D eigenvalue weighted by molar-refractivity contribution is 9.09. The molecule has 4 heteroatoms. The molecule has 0 saturated heterocycles. The molecule has 0 amide bonds. The second-order valence-corrected chi connectivity index (χ2v) is 3.73. The lowest BCUT2D eigenvalue weighted by Gasteiger charge is -2.01. The summed E-state index contributed by atoms with van der Waals surface area (Å²) in [5, 5.41) is 11.3. The number of aryl methyl sites for hydroxylation is 2. The molecule has 0 bridgehead atoms. The quantitative estimate of drug-likeness (QED) is 0.340. The van der Waals surface area contributed by atoms with E-state index in [9.17, 15) is 10.1 Å². The Balaban J connectivity index is 3.40. The molecule has 0 saturated carbocycles. The number of benzene rings is 1. The van der Waals surface area contributed by atoms with Gasteiger partial charge in [-0.2, -0.15) is 0 Å². The van der Waals surface area contributed by atoms with Gasteiger partial charge in [0, 0.05) is 6.07 Å². The lowest BCUT2D eigenvalue weighted by Crippen LogP contribution is -1.96. The summed E-state index contributed by atoms with van der Waals surface area (Å²) < 4.78 is 0. The van der Waals surface area contributed by atoms with Crippen LogP contribution in [0.2, 0.25) is 0 Å². The predicted octanol–water partition coefficient (Wildman–Crippen LogP) is 2.96. The van der Waals surface area contributed by atoms with Gasteiger partial charge in [-0.25, -0.2) is 0 Å². The normalized spacial score (nSPS) is 9.27. The zero-order valence-electron chi connectivity index (χ0n) is 8.50. The van der Waals surface area contributed by atoms with Crippen LogP contribution in [0.4, 0.5) is 5.69 Å². The summed E-state index contributed by atoms with van der Waals surface area (Å²) in [4.78, 5) is 10.4. The van der Waals surface area contributed by atoms with Crippen molar-refractivity contribution in [2.24, 2.45) is 0 Å². The summed E-state index contributed by atoms with van der Waals surface area (Å²) in [6.45, 7) is 3.67. The third kappa shape index (κ3) is 2.80. The van der Waals surface area contributed by atoms with E-state index in [2.05, 4.69) is 27.8 Å². The number of hydrogen-bond acceptors (Lipinski definition) is 2. The highest BCUT2D eigenvalue weighted by Gasteiger charge is 2.14. The van der Waals surface area contributed by atoms with E-state index in [1.165, 1.54) is 0 Å². The van der Waals surface area contributed by atoms with Crippen molar-refractivity contribution in [1.29, 1.82) is 0 Å². The molecule has 1 rings (SSSR count). The number of hydrogen-bond donors (Lipinski definition) is 0. The highest BCUT2D eigenvalue weighted by Crippen LogP contribution is 2.23. The average Bonchev–Trinajstić information content (AvgIpc) is 2.15. The molecule has 0 fully saturated rings. The van der Waals surface area contributed by atoms with Gasteiger partial charge in [-0.05, 0) is 25.0 Å². The minimum absolute atomic E-state index is 0.0842. The van der Waals surface area contributed by atoms with Gasteiger partial charge < -0.3 is 0 Å². The standard InChI is InChI=1S/C11H10BrNO2/c1-8-6-9(2)10(4-3-5-12)11(7-8)13(14)15/h6-7H,5H2,1-2H3. The van der Waals surface area contributed by atoms with Crippen molar-refractivity contribution in [3.8, 4) is 11.8 Å². The van der Waals surface area contributed by atoms with E-state index in [4.69, 9.17) is 0 Å². The van der Waals surface area contributed by atoms with Gasteiger partial charge in [0.1, 0.15) is 5.56 Å². The summed E-state index contributed by atoms with van der Waals surface area (Å²) in [6, 6.07) is 3.44. The molecule has 0 N–H and O–H groups in total. The largest absolute Gasteiger partial charge is 0.285 e. The van der Waals surface area contributed by atoms with Gasteiger partial charge in [0.05, 0.1) is 10.3 Å². The van der Waals surface area contributed by atoms with Crippen LogP contribution >= 0.6 is 15.9 Å². The molecule has 78 valence electrons. The fourth-order valence-electron chi connectivity index (χ4n) is 1.37. The Morgan fingerprint density at radius 3 is 2.67 bits per heavy atom. The fraction of sp³-hybridized carbons (Fsp3) is 0.273. The molecular formula is C11H10BrNO2. The smallest absolute Gasteiger partial charge is 0.258 e. The molecule has 0 aliphatic carbocycles. The second kappa shape index (κ2) is 4.94. The fourth-order valence-corrected chi connectivity index (χ4v) is 1.51. The minimum atomic E-state index is -0.391. The van der Waals surface area contributed by atoms with Crippen molar-refractivity contribution in [2.75, 3.05) is 5.33 Å². The third-order valence-electron chi connectivity index (χ3n) is 1.94. The molecule has 0 spiro atoms. The van der Waals surface area contributed by atoms with Crippen molar-refractivity contribution in [2.45, 2.75) is 13.8 Å². The molecule has 0 unspecified atom stereocenters. The number of nitro groups is 1. The van der Waals surface area contributed by atoms with E-state index in [0.717, 1.165) is 11.1 Å². The molecule has 3 nitrogen and oxygen atoms in total. The first kappa shape index (κ1) is 11.7. The molecule has 15 heavy (non-hydrogen) atoms. The third-order valence-corrected chi connectivity index (χ3v) is 2.22. The van der Waals surface area contributed by atoms with Crippen molar-refractivity contribution >= 4 is 21.6 Å². The molecule has 1 aromatic rings. The number of nitro benzene ring substituents is 1. The first-order valence-electron chi connectivity index (χ1n) is 4.36. The van der Waals surface area contributed by atoms with Crippen LogP contribution in [0.5, 0.6) is 0 Å². The highest BCUT2D eigenvalue weighted by atomic mass is 79.9. The van der Waals surface area contributed by atoms with E-state index >= 15 is 0 Å². The zero-order valence-corrected chi connectivity index (χ0v) is 10.1. The summed E-state index contributed by atoms with van der Waals surface area (Å²) >= 11 is 3.16. The van der Waals surface area contributed by atoms with Crippen molar-refractivity contribution < 1.29 is 4.92 Å². The topological polar surface area (TPSA) is 43.1 Å². The molecule has 0 radical (unpaired) electrons. The van der Waals surface area contributed by atoms with Gasteiger partial charge >= 0.3 is 0 Å². The summed E-state index contributed by atoms with van der Waals surface area (Å²) in [5.74, 6) is 5.58. The molecular weight excluding hydrogens is 258 g/mol. The predicted molar refractivity (Wildman–Crippen MR) is 63.2 cm³/mol. The van der Waals surface area contributed by atoms with Gasteiger partial charge in [0.15, 0.2) is 0 Å². The summed E-state index contributed by atoms with van der Waals surface area (Å²) in [7, 11) is 0. The maximum absolute atomic E-state index is 10.8. The second-order valence-electron chi connectivity index (χ2n) is 3.17. The maximum Gasteiger partial charge on any atom is 0.285 e. The van der Waals surface area contributed by atoms with E-state index in [1.54, 1.807) is 6.07 Å². The monoisotopic (exact) mass is 267 g/mol. The molecule has 0 aliphatic heterocycles. The van der Waals surface area contributed by atoms with Gasteiger partial charge in [-0.15, -0.1) is 0 Å². The van der Waals surface area contributed by atoms with Crippen LogP contribution in [-0.2, 0) is 0 Å². The Kier molecular flexibility index (Phi) is 3.87. The minimum Gasteiger partial charge on any atom is -0.258 e. The Morgan fingerprint density at radius 2 is 2.13 bits per heavy atom. The summed E-state index contributed by atoms with van der Waals surface area (Å²) in [5.41, 5.74) is 2.31. The van der Waals surface area contributed by atoms with E-state index in [0.29, 0.717) is 10.9 Å². The van der Waals surface area contributed by atoms with E-state index < -0.39 is 4.92 Å². The molecule has 0 aromatic heterocycles. The van der Waals surface area contributed by atoms with Crippen LogP contribution in [0.25, 0.3) is 0 Å². The van der Waals surface area contributed by atoms with Crippen LogP contribution in [0, 0.1) is 35.8 Å². The number of rotatable bonds is 1. The van der Waals surface area contributed by atoms with Crippen LogP contribution in [0.15, 0.2) is 12.1 Å². The van der Waals surface area contributed by atoms with Gasteiger partial charge in [-0.1, -0.05) is 33.8 Å². The SMILES string of the molecule is Cc1cc(C)c(C#CCBr)c([N+](=O)[O-])c1. The van der Waals surface area contributed by atoms with Gasteiger partial charge in [0.2, 0.25) is 0 Å².